The lowest BCUT2D eigenvalue weighted by atomic mass is 9.97. The summed E-state index contributed by atoms with van der Waals surface area (Å²) < 4.78 is 31.6. The fraction of sp³-hybridized carbons (Fsp3) is 0.643. The molecular formula is C14H21N3O6S. The van der Waals surface area contributed by atoms with E-state index in [4.69, 9.17) is 9.63 Å². The number of likely N-dealkylation sites (N-methyl/N-ethyl adjacent to an activating group) is 1. The first-order valence-electron chi connectivity index (χ1n) is 7.54. The van der Waals surface area contributed by atoms with Crippen LogP contribution >= 0.6 is 0 Å². The monoisotopic (exact) mass is 359 g/mol. The van der Waals surface area contributed by atoms with E-state index in [0.29, 0.717) is 18.5 Å². The highest BCUT2D eigenvalue weighted by Crippen LogP contribution is 2.28. The molecule has 0 aromatic carbocycles. The number of aromatic nitrogens is 1. The number of carbonyl (C=O) groups excluding carboxylic acids is 1. The number of hydrogen-bond acceptors (Lipinski definition) is 6. The van der Waals surface area contributed by atoms with Crippen molar-refractivity contribution in [3.05, 3.63) is 11.5 Å². The van der Waals surface area contributed by atoms with Crippen LogP contribution in [0.15, 0.2) is 9.42 Å². The first-order valence-corrected chi connectivity index (χ1v) is 8.98. The number of amides is 1. The Morgan fingerprint density at radius 3 is 2.38 bits per heavy atom. The van der Waals surface area contributed by atoms with E-state index >= 15 is 0 Å². The van der Waals surface area contributed by atoms with Crippen LogP contribution in [0.25, 0.3) is 0 Å². The summed E-state index contributed by atoms with van der Waals surface area (Å²) in [7, 11) is -2.28. The summed E-state index contributed by atoms with van der Waals surface area (Å²) in [5.41, 5.74) is 0.312. The second-order valence-electron chi connectivity index (χ2n) is 5.92. The number of aryl methyl sites for hydroxylation is 2. The molecule has 2 heterocycles. The molecule has 134 valence electrons. The lowest BCUT2D eigenvalue weighted by molar-refractivity contribution is -0.145. The highest BCUT2D eigenvalue weighted by Gasteiger charge is 2.36. The molecule has 1 aromatic rings. The second kappa shape index (κ2) is 6.89. The molecule has 0 aliphatic carbocycles. The van der Waals surface area contributed by atoms with Crippen molar-refractivity contribution in [3.8, 4) is 0 Å². The number of aliphatic carboxylic acids is 1. The molecule has 0 unspecified atom stereocenters. The Morgan fingerprint density at radius 2 is 1.92 bits per heavy atom. The molecule has 1 aromatic heterocycles. The molecule has 1 fully saturated rings. The van der Waals surface area contributed by atoms with Gasteiger partial charge < -0.3 is 14.5 Å². The van der Waals surface area contributed by atoms with Gasteiger partial charge in [-0.1, -0.05) is 5.16 Å². The van der Waals surface area contributed by atoms with Gasteiger partial charge in [-0.2, -0.15) is 4.31 Å². The minimum absolute atomic E-state index is 0.0790. The van der Waals surface area contributed by atoms with Crippen LogP contribution in [-0.2, 0) is 19.6 Å². The Kier molecular flexibility index (Phi) is 5.29. The molecule has 1 saturated heterocycles. The fourth-order valence-corrected chi connectivity index (χ4v) is 4.67. The van der Waals surface area contributed by atoms with Gasteiger partial charge in [-0.05, 0) is 26.7 Å². The third-order valence-corrected chi connectivity index (χ3v) is 6.26. The van der Waals surface area contributed by atoms with Crippen LogP contribution in [0.3, 0.4) is 0 Å². The van der Waals surface area contributed by atoms with Crippen LogP contribution in [0.4, 0.5) is 0 Å². The number of carboxylic acid groups (broad SMARTS) is 1. The third-order valence-electron chi connectivity index (χ3n) is 4.12. The van der Waals surface area contributed by atoms with Crippen molar-refractivity contribution in [2.24, 2.45) is 5.92 Å². The highest BCUT2D eigenvalue weighted by molar-refractivity contribution is 7.89. The molecular weight excluding hydrogens is 338 g/mol. The number of nitrogens with zero attached hydrogens (tertiary/aromatic N) is 3. The lowest BCUT2D eigenvalue weighted by Gasteiger charge is -2.32. The summed E-state index contributed by atoms with van der Waals surface area (Å²) >= 11 is 0. The van der Waals surface area contributed by atoms with Gasteiger partial charge in [0.2, 0.25) is 15.9 Å². The number of piperidine rings is 1. The zero-order chi connectivity index (χ0) is 18.1. The first-order chi connectivity index (χ1) is 11.1. The Labute approximate surface area is 140 Å². The van der Waals surface area contributed by atoms with Crippen molar-refractivity contribution < 1.29 is 27.6 Å². The van der Waals surface area contributed by atoms with E-state index in [1.165, 1.54) is 11.4 Å². The number of carbonyl (C=O) groups is 2. The Morgan fingerprint density at radius 1 is 1.33 bits per heavy atom. The average Bonchev–Trinajstić information content (AvgIpc) is 2.85. The van der Waals surface area contributed by atoms with Gasteiger partial charge in [-0.25, -0.2) is 8.42 Å². The smallest absolute Gasteiger partial charge is 0.323 e. The van der Waals surface area contributed by atoms with E-state index < -0.39 is 16.0 Å². The molecule has 9 nitrogen and oxygen atoms in total. The molecule has 1 N–H and O–H groups in total. The molecule has 0 spiro atoms. The second-order valence-corrected chi connectivity index (χ2v) is 7.79. The van der Waals surface area contributed by atoms with E-state index in [1.54, 1.807) is 13.8 Å². The van der Waals surface area contributed by atoms with Crippen molar-refractivity contribution in [1.29, 1.82) is 0 Å². The van der Waals surface area contributed by atoms with Crippen LogP contribution in [0.5, 0.6) is 0 Å². The number of carboxylic acids is 1. The van der Waals surface area contributed by atoms with Crippen LogP contribution in [0, 0.1) is 19.8 Å². The number of sulfonamides is 1. The van der Waals surface area contributed by atoms with Crippen molar-refractivity contribution in [1.82, 2.24) is 14.4 Å². The van der Waals surface area contributed by atoms with Gasteiger partial charge in [-0.15, -0.1) is 0 Å². The van der Waals surface area contributed by atoms with Gasteiger partial charge in [0.25, 0.3) is 0 Å². The van der Waals surface area contributed by atoms with Gasteiger partial charge >= 0.3 is 5.97 Å². The zero-order valence-electron chi connectivity index (χ0n) is 13.9. The molecule has 0 radical (unpaired) electrons. The largest absolute Gasteiger partial charge is 0.480 e. The maximum Gasteiger partial charge on any atom is 0.323 e. The quantitative estimate of drug-likeness (QED) is 0.799. The molecule has 1 aliphatic heterocycles. The lowest BCUT2D eigenvalue weighted by Crippen LogP contribution is -2.44. The molecule has 0 bridgehead atoms. The van der Waals surface area contributed by atoms with E-state index in [-0.39, 0.29) is 42.1 Å². The molecule has 24 heavy (non-hydrogen) atoms. The van der Waals surface area contributed by atoms with Crippen LogP contribution in [0.1, 0.15) is 24.3 Å². The standard InChI is InChI=1S/C14H21N3O6S/c1-9-13(10(2)23-15-9)24(21,22)17-6-4-11(5-7-17)14(20)16(3)8-12(18)19/h11H,4-8H2,1-3H3,(H,18,19). The predicted molar refractivity (Wildman–Crippen MR) is 82.7 cm³/mol. The van der Waals surface area contributed by atoms with Crippen LogP contribution in [0.2, 0.25) is 0 Å². The zero-order valence-corrected chi connectivity index (χ0v) is 14.7. The normalized spacial score (nSPS) is 17.0. The topological polar surface area (TPSA) is 121 Å². The van der Waals surface area contributed by atoms with E-state index in [9.17, 15) is 18.0 Å². The van der Waals surface area contributed by atoms with Gasteiger partial charge in [0.1, 0.15) is 17.1 Å². The van der Waals surface area contributed by atoms with E-state index in [2.05, 4.69) is 5.16 Å². The van der Waals surface area contributed by atoms with Gasteiger partial charge in [-0.3, -0.25) is 9.59 Å². The van der Waals surface area contributed by atoms with Crippen LogP contribution < -0.4 is 0 Å². The number of hydrogen-bond donors (Lipinski definition) is 1. The van der Waals surface area contributed by atoms with Gasteiger partial charge in [0.15, 0.2) is 5.76 Å². The molecule has 10 heteroatoms. The van der Waals surface area contributed by atoms with Crippen molar-refractivity contribution >= 4 is 21.9 Å². The summed E-state index contributed by atoms with van der Waals surface area (Å²) in [6, 6.07) is 0. The molecule has 0 saturated carbocycles. The van der Waals surface area contributed by atoms with Gasteiger partial charge in [0, 0.05) is 26.1 Å². The highest BCUT2D eigenvalue weighted by atomic mass is 32.2. The Balaban J connectivity index is 2.05. The summed E-state index contributed by atoms with van der Waals surface area (Å²) in [4.78, 5) is 24.1. The molecule has 1 aliphatic rings. The van der Waals surface area contributed by atoms with Crippen molar-refractivity contribution in [3.63, 3.8) is 0 Å². The Bertz CT molecular complexity index is 714. The van der Waals surface area contributed by atoms with Crippen molar-refractivity contribution in [2.75, 3.05) is 26.7 Å². The summed E-state index contributed by atoms with van der Waals surface area (Å²) in [6.45, 7) is 3.15. The minimum Gasteiger partial charge on any atom is -0.480 e. The van der Waals surface area contributed by atoms with Crippen molar-refractivity contribution in [2.45, 2.75) is 31.6 Å². The maximum absolute atomic E-state index is 12.7. The Hall–Kier alpha value is -1.94. The van der Waals surface area contributed by atoms with E-state index in [1.807, 2.05) is 0 Å². The molecule has 0 atom stereocenters. The molecule has 2 rings (SSSR count). The predicted octanol–water partition coefficient (Wildman–Crippen LogP) is 0.235. The first kappa shape index (κ1) is 18.4. The minimum atomic E-state index is -3.71. The SMILES string of the molecule is Cc1noc(C)c1S(=O)(=O)N1CCC(C(=O)N(C)CC(=O)O)CC1. The summed E-state index contributed by atoms with van der Waals surface area (Å²) in [6.07, 6.45) is 0.705. The van der Waals surface area contributed by atoms with Crippen LogP contribution in [-0.4, -0.2) is 66.4 Å². The summed E-state index contributed by atoms with van der Waals surface area (Å²) in [5, 5.41) is 12.4. The maximum atomic E-state index is 12.7. The number of rotatable bonds is 5. The summed E-state index contributed by atoms with van der Waals surface area (Å²) in [5.74, 6) is -1.48. The average molecular weight is 359 g/mol. The fourth-order valence-electron chi connectivity index (χ4n) is 2.91. The molecule has 1 amide bonds. The third kappa shape index (κ3) is 3.59. The van der Waals surface area contributed by atoms with E-state index in [0.717, 1.165) is 4.90 Å². The van der Waals surface area contributed by atoms with Gasteiger partial charge in [0.05, 0.1) is 0 Å².